The molecule has 0 bridgehead atoms. The Morgan fingerprint density at radius 1 is 1.54 bits per heavy atom. The van der Waals surface area contributed by atoms with Crippen molar-refractivity contribution in [3.8, 4) is 0 Å². The highest BCUT2D eigenvalue weighted by Gasteiger charge is 2.32. The molecule has 0 saturated carbocycles. The van der Waals surface area contributed by atoms with Crippen molar-refractivity contribution < 1.29 is 14.6 Å². The number of aliphatic hydroxyl groups is 1. The van der Waals surface area contributed by atoms with E-state index >= 15 is 0 Å². The van der Waals surface area contributed by atoms with Gasteiger partial charge in [0.1, 0.15) is 5.60 Å². The van der Waals surface area contributed by atoms with Crippen LogP contribution in [0.15, 0.2) is 0 Å². The molecule has 0 spiro atoms. The van der Waals surface area contributed by atoms with E-state index in [1.165, 1.54) is 0 Å². The highest BCUT2D eigenvalue weighted by atomic mass is 16.5. The molecule has 0 aromatic carbocycles. The fraction of sp³-hybridized carbons (Fsp3) is 0.889. The SMILES string of the molecule is CCC(C)(O)C(=O)N1CCOCC1. The van der Waals surface area contributed by atoms with Gasteiger partial charge in [-0.2, -0.15) is 0 Å². The molecule has 1 unspecified atom stereocenters. The molecule has 1 atom stereocenters. The lowest BCUT2D eigenvalue weighted by atomic mass is 10.0. The molecule has 0 aliphatic carbocycles. The van der Waals surface area contributed by atoms with Gasteiger partial charge in [-0.1, -0.05) is 6.92 Å². The van der Waals surface area contributed by atoms with Gasteiger partial charge in [-0.25, -0.2) is 0 Å². The first-order chi connectivity index (χ1) is 6.08. The minimum atomic E-state index is -1.21. The van der Waals surface area contributed by atoms with Gasteiger partial charge in [0.15, 0.2) is 0 Å². The van der Waals surface area contributed by atoms with Crippen LogP contribution in [0.2, 0.25) is 0 Å². The van der Waals surface area contributed by atoms with E-state index in [1.807, 2.05) is 0 Å². The predicted molar refractivity (Wildman–Crippen MR) is 48.3 cm³/mol. The van der Waals surface area contributed by atoms with E-state index in [1.54, 1.807) is 18.7 Å². The van der Waals surface area contributed by atoms with E-state index in [2.05, 4.69) is 0 Å². The van der Waals surface area contributed by atoms with Gasteiger partial charge in [-0.3, -0.25) is 4.79 Å². The first kappa shape index (κ1) is 10.5. The van der Waals surface area contributed by atoms with Crippen LogP contribution in [0.3, 0.4) is 0 Å². The first-order valence-corrected chi connectivity index (χ1v) is 4.67. The number of morpholine rings is 1. The van der Waals surface area contributed by atoms with Crippen molar-refractivity contribution in [3.05, 3.63) is 0 Å². The Morgan fingerprint density at radius 2 is 2.08 bits per heavy atom. The van der Waals surface area contributed by atoms with E-state index in [4.69, 9.17) is 4.74 Å². The third kappa shape index (κ3) is 2.42. The number of carbonyl (C=O) groups is 1. The molecular weight excluding hydrogens is 170 g/mol. The van der Waals surface area contributed by atoms with Crippen LogP contribution in [-0.4, -0.2) is 47.8 Å². The van der Waals surface area contributed by atoms with Crippen LogP contribution >= 0.6 is 0 Å². The number of hydrogen-bond acceptors (Lipinski definition) is 3. The van der Waals surface area contributed by atoms with Crippen LogP contribution in [0.25, 0.3) is 0 Å². The van der Waals surface area contributed by atoms with Crippen molar-refractivity contribution in [2.75, 3.05) is 26.3 Å². The number of carbonyl (C=O) groups excluding carboxylic acids is 1. The highest BCUT2D eigenvalue weighted by Crippen LogP contribution is 2.13. The van der Waals surface area contributed by atoms with Gasteiger partial charge in [0.25, 0.3) is 5.91 Å². The van der Waals surface area contributed by atoms with E-state index in [9.17, 15) is 9.90 Å². The number of ether oxygens (including phenoxy) is 1. The Bertz CT molecular complexity index is 185. The molecule has 0 aromatic heterocycles. The molecule has 76 valence electrons. The normalized spacial score (nSPS) is 22.5. The van der Waals surface area contributed by atoms with Gasteiger partial charge >= 0.3 is 0 Å². The number of hydrogen-bond donors (Lipinski definition) is 1. The molecule has 4 nitrogen and oxygen atoms in total. The molecule has 4 heteroatoms. The quantitative estimate of drug-likeness (QED) is 0.662. The lowest BCUT2D eigenvalue weighted by Gasteiger charge is -2.32. The van der Waals surface area contributed by atoms with Crippen molar-refractivity contribution in [2.24, 2.45) is 0 Å². The molecule has 1 fully saturated rings. The standard InChI is InChI=1S/C9H17NO3/c1-3-9(2,12)8(11)10-4-6-13-7-5-10/h12H,3-7H2,1-2H3. The zero-order valence-electron chi connectivity index (χ0n) is 8.25. The summed E-state index contributed by atoms with van der Waals surface area (Å²) in [4.78, 5) is 13.3. The summed E-state index contributed by atoms with van der Waals surface area (Å²) >= 11 is 0. The van der Waals surface area contributed by atoms with Crippen LogP contribution < -0.4 is 0 Å². The van der Waals surface area contributed by atoms with Gasteiger partial charge in [0.05, 0.1) is 13.2 Å². The Balaban J connectivity index is 2.55. The van der Waals surface area contributed by atoms with Crippen LogP contribution in [0.4, 0.5) is 0 Å². The van der Waals surface area contributed by atoms with Gasteiger partial charge in [-0.15, -0.1) is 0 Å². The van der Waals surface area contributed by atoms with Crippen molar-refractivity contribution in [3.63, 3.8) is 0 Å². The summed E-state index contributed by atoms with van der Waals surface area (Å²) in [6.45, 7) is 5.70. The van der Waals surface area contributed by atoms with Crippen molar-refractivity contribution >= 4 is 5.91 Å². The van der Waals surface area contributed by atoms with Crippen LogP contribution in [0, 0.1) is 0 Å². The summed E-state index contributed by atoms with van der Waals surface area (Å²) in [5.41, 5.74) is -1.21. The molecule has 1 rings (SSSR count). The topological polar surface area (TPSA) is 49.8 Å². The summed E-state index contributed by atoms with van der Waals surface area (Å²) < 4.78 is 5.12. The van der Waals surface area contributed by atoms with Gasteiger partial charge in [-0.05, 0) is 13.3 Å². The average molecular weight is 187 g/mol. The minimum absolute atomic E-state index is 0.182. The number of amides is 1. The van der Waals surface area contributed by atoms with Gasteiger partial charge < -0.3 is 14.7 Å². The molecule has 0 radical (unpaired) electrons. The van der Waals surface area contributed by atoms with E-state index < -0.39 is 5.60 Å². The second kappa shape index (κ2) is 4.07. The molecule has 1 aliphatic heterocycles. The summed E-state index contributed by atoms with van der Waals surface area (Å²) in [5.74, 6) is -0.182. The first-order valence-electron chi connectivity index (χ1n) is 4.67. The maximum atomic E-state index is 11.7. The summed E-state index contributed by atoms with van der Waals surface area (Å²) in [6.07, 6.45) is 0.448. The third-order valence-corrected chi connectivity index (χ3v) is 2.45. The molecule has 1 heterocycles. The Labute approximate surface area is 78.5 Å². The van der Waals surface area contributed by atoms with Gasteiger partial charge in [0, 0.05) is 13.1 Å². The third-order valence-electron chi connectivity index (χ3n) is 2.45. The maximum absolute atomic E-state index is 11.7. The lowest BCUT2D eigenvalue weighted by molar-refractivity contribution is -0.153. The monoisotopic (exact) mass is 187 g/mol. The molecular formula is C9H17NO3. The van der Waals surface area contributed by atoms with Crippen LogP contribution in [0.1, 0.15) is 20.3 Å². The predicted octanol–water partition coefficient (Wildman–Crippen LogP) is 0.00620. The fourth-order valence-electron chi connectivity index (χ4n) is 1.26. The molecule has 1 amide bonds. The number of nitrogens with zero attached hydrogens (tertiary/aromatic N) is 1. The zero-order valence-corrected chi connectivity index (χ0v) is 8.25. The van der Waals surface area contributed by atoms with Crippen molar-refractivity contribution in [1.29, 1.82) is 0 Å². The Morgan fingerprint density at radius 3 is 2.54 bits per heavy atom. The lowest BCUT2D eigenvalue weighted by Crippen LogP contribution is -2.50. The summed E-state index contributed by atoms with van der Waals surface area (Å²) in [5, 5.41) is 9.71. The Kier molecular flexibility index (Phi) is 3.27. The maximum Gasteiger partial charge on any atom is 0.254 e. The second-order valence-electron chi connectivity index (χ2n) is 3.53. The van der Waals surface area contributed by atoms with E-state index in [-0.39, 0.29) is 5.91 Å². The summed E-state index contributed by atoms with van der Waals surface area (Å²) in [7, 11) is 0. The molecule has 1 N–H and O–H groups in total. The minimum Gasteiger partial charge on any atom is -0.380 e. The fourth-order valence-corrected chi connectivity index (χ4v) is 1.26. The largest absolute Gasteiger partial charge is 0.380 e. The second-order valence-corrected chi connectivity index (χ2v) is 3.53. The average Bonchev–Trinajstić information content (AvgIpc) is 2.18. The molecule has 1 aliphatic rings. The molecule has 1 saturated heterocycles. The smallest absolute Gasteiger partial charge is 0.254 e. The zero-order chi connectivity index (χ0) is 9.90. The molecule has 13 heavy (non-hydrogen) atoms. The molecule has 0 aromatic rings. The van der Waals surface area contributed by atoms with Crippen LogP contribution in [-0.2, 0) is 9.53 Å². The van der Waals surface area contributed by atoms with Crippen molar-refractivity contribution in [1.82, 2.24) is 4.90 Å². The highest BCUT2D eigenvalue weighted by molar-refractivity contribution is 5.84. The van der Waals surface area contributed by atoms with Gasteiger partial charge in [0.2, 0.25) is 0 Å². The number of rotatable bonds is 2. The Hall–Kier alpha value is -0.610. The summed E-state index contributed by atoms with van der Waals surface area (Å²) in [6, 6.07) is 0. The van der Waals surface area contributed by atoms with Crippen molar-refractivity contribution in [2.45, 2.75) is 25.9 Å². The van der Waals surface area contributed by atoms with Crippen LogP contribution in [0.5, 0.6) is 0 Å². The van der Waals surface area contributed by atoms with E-state index in [0.29, 0.717) is 32.7 Å². The van der Waals surface area contributed by atoms with E-state index in [0.717, 1.165) is 0 Å².